The lowest BCUT2D eigenvalue weighted by Gasteiger charge is -2.08. The number of benzene rings is 1. The van der Waals surface area contributed by atoms with Crippen LogP contribution in [0, 0.1) is 6.92 Å². The molecule has 0 unspecified atom stereocenters. The van der Waals surface area contributed by atoms with Gasteiger partial charge in [-0.2, -0.15) is 0 Å². The van der Waals surface area contributed by atoms with Crippen LogP contribution in [0.5, 0.6) is 0 Å². The van der Waals surface area contributed by atoms with E-state index in [1.54, 1.807) is 44.2 Å². The number of amides is 1. The van der Waals surface area contributed by atoms with E-state index in [1.165, 1.54) is 0 Å². The van der Waals surface area contributed by atoms with Gasteiger partial charge in [0.15, 0.2) is 0 Å². The van der Waals surface area contributed by atoms with Crippen molar-refractivity contribution in [2.24, 2.45) is 5.16 Å². The number of para-hydroxylation sites is 1. The molecule has 0 spiro atoms. The summed E-state index contributed by atoms with van der Waals surface area (Å²) in [6.07, 6.45) is 0. The molecular weight excluding hydrogens is 246 g/mol. The van der Waals surface area contributed by atoms with Crippen molar-refractivity contribution in [1.82, 2.24) is 5.16 Å². The summed E-state index contributed by atoms with van der Waals surface area (Å²) in [5.74, 6) is -0.273. The van der Waals surface area contributed by atoms with Gasteiger partial charge in [-0.15, -0.1) is 0 Å². The van der Waals surface area contributed by atoms with Crippen LogP contribution in [0.1, 0.15) is 28.7 Å². The van der Waals surface area contributed by atoms with E-state index in [2.05, 4.69) is 15.6 Å². The predicted octanol–water partition coefficient (Wildman–Crippen LogP) is 2.43. The van der Waals surface area contributed by atoms with Crippen LogP contribution < -0.4 is 5.32 Å². The molecule has 0 fully saturated rings. The van der Waals surface area contributed by atoms with Gasteiger partial charge in [-0.25, -0.2) is 0 Å². The number of nitrogens with zero attached hydrogens (tertiary/aromatic N) is 2. The summed E-state index contributed by atoms with van der Waals surface area (Å²) in [6, 6.07) is 8.57. The van der Waals surface area contributed by atoms with E-state index in [-0.39, 0.29) is 5.76 Å². The van der Waals surface area contributed by atoms with Gasteiger partial charge in [-0.05, 0) is 19.9 Å². The second-order valence-electron chi connectivity index (χ2n) is 4.02. The third kappa shape index (κ3) is 2.79. The van der Waals surface area contributed by atoms with Crippen molar-refractivity contribution in [3.63, 3.8) is 0 Å². The van der Waals surface area contributed by atoms with E-state index in [1.807, 2.05) is 0 Å². The first-order chi connectivity index (χ1) is 9.11. The molecule has 0 atom stereocenters. The minimum Gasteiger partial charge on any atom is -0.411 e. The lowest BCUT2D eigenvalue weighted by Crippen LogP contribution is -2.13. The van der Waals surface area contributed by atoms with E-state index in [9.17, 15) is 4.79 Å². The van der Waals surface area contributed by atoms with Gasteiger partial charge < -0.3 is 15.0 Å². The van der Waals surface area contributed by atoms with Crippen LogP contribution in [0.25, 0.3) is 0 Å². The molecule has 6 heteroatoms. The molecule has 6 nitrogen and oxygen atoms in total. The summed E-state index contributed by atoms with van der Waals surface area (Å²) in [7, 11) is 0. The minimum absolute atomic E-state index is 0.130. The molecule has 0 aliphatic carbocycles. The molecule has 1 heterocycles. The summed E-state index contributed by atoms with van der Waals surface area (Å²) < 4.78 is 4.88. The normalized spacial score (nSPS) is 11.4. The number of hydrogen-bond donors (Lipinski definition) is 2. The lowest BCUT2D eigenvalue weighted by molar-refractivity contribution is 0.0988. The number of hydrogen-bond acceptors (Lipinski definition) is 5. The SMILES string of the molecule is CC(=NO)c1ccccc1NC(=O)c1cc(C)no1. The Hall–Kier alpha value is -2.63. The molecule has 0 bridgehead atoms. The maximum Gasteiger partial charge on any atom is 0.294 e. The Morgan fingerprint density at radius 2 is 2.16 bits per heavy atom. The van der Waals surface area contributed by atoms with Crippen LogP contribution in [0.2, 0.25) is 0 Å². The van der Waals surface area contributed by atoms with Gasteiger partial charge in [0.1, 0.15) is 0 Å². The molecule has 2 N–H and O–H groups in total. The Morgan fingerprint density at radius 1 is 1.42 bits per heavy atom. The largest absolute Gasteiger partial charge is 0.411 e. The highest BCUT2D eigenvalue weighted by atomic mass is 16.5. The van der Waals surface area contributed by atoms with E-state index >= 15 is 0 Å². The molecule has 1 aromatic carbocycles. The fraction of sp³-hybridized carbons (Fsp3) is 0.154. The Kier molecular flexibility index (Phi) is 3.61. The van der Waals surface area contributed by atoms with Crippen molar-refractivity contribution in [2.45, 2.75) is 13.8 Å². The molecule has 0 saturated carbocycles. The summed E-state index contributed by atoms with van der Waals surface area (Å²) >= 11 is 0. The number of rotatable bonds is 3. The van der Waals surface area contributed by atoms with E-state index in [4.69, 9.17) is 9.73 Å². The van der Waals surface area contributed by atoms with E-state index in [0.29, 0.717) is 22.7 Å². The molecule has 2 rings (SSSR count). The van der Waals surface area contributed by atoms with Gasteiger partial charge >= 0.3 is 0 Å². The van der Waals surface area contributed by atoms with Crippen molar-refractivity contribution in [2.75, 3.05) is 5.32 Å². The maximum absolute atomic E-state index is 11.9. The molecule has 19 heavy (non-hydrogen) atoms. The second-order valence-corrected chi connectivity index (χ2v) is 4.02. The molecule has 98 valence electrons. The lowest BCUT2D eigenvalue weighted by atomic mass is 10.1. The zero-order valence-corrected chi connectivity index (χ0v) is 10.5. The van der Waals surface area contributed by atoms with Gasteiger partial charge in [0.25, 0.3) is 5.91 Å². The highest BCUT2D eigenvalue weighted by molar-refractivity contribution is 6.09. The molecule has 0 saturated heterocycles. The monoisotopic (exact) mass is 259 g/mol. The zero-order valence-electron chi connectivity index (χ0n) is 10.5. The average molecular weight is 259 g/mol. The standard InChI is InChI=1S/C13H13N3O3/c1-8-7-12(19-16-8)13(17)14-11-6-4-3-5-10(11)9(2)15-18/h3-7,18H,1-2H3,(H,14,17). The number of carbonyl (C=O) groups is 1. The Balaban J connectivity index is 2.27. The van der Waals surface area contributed by atoms with Crippen LogP contribution >= 0.6 is 0 Å². The molecule has 0 aliphatic rings. The molecule has 0 radical (unpaired) electrons. The van der Waals surface area contributed by atoms with Gasteiger partial charge in [0.05, 0.1) is 17.1 Å². The topological polar surface area (TPSA) is 87.7 Å². The van der Waals surface area contributed by atoms with E-state index in [0.717, 1.165) is 0 Å². The Labute approximate surface area is 109 Å². The first-order valence-corrected chi connectivity index (χ1v) is 5.64. The van der Waals surface area contributed by atoms with Crippen molar-refractivity contribution >= 4 is 17.3 Å². The molecule has 0 aliphatic heterocycles. The number of carbonyl (C=O) groups excluding carboxylic acids is 1. The van der Waals surface area contributed by atoms with Gasteiger partial charge in [0, 0.05) is 11.6 Å². The Morgan fingerprint density at radius 3 is 2.79 bits per heavy atom. The predicted molar refractivity (Wildman–Crippen MR) is 69.6 cm³/mol. The minimum atomic E-state index is -0.404. The van der Waals surface area contributed by atoms with Gasteiger partial charge in [0.2, 0.25) is 5.76 Å². The highest BCUT2D eigenvalue weighted by Crippen LogP contribution is 2.17. The summed E-state index contributed by atoms with van der Waals surface area (Å²) in [4.78, 5) is 11.9. The molecular formula is C13H13N3O3. The molecule has 2 aromatic rings. The van der Waals surface area contributed by atoms with Crippen molar-refractivity contribution in [1.29, 1.82) is 0 Å². The van der Waals surface area contributed by atoms with Gasteiger partial charge in [-0.3, -0.25) is 4.79 Å². The molecule has 1 aromatic heterocycles. The Bertz CT molecular complexity index is 632. The van der Waals surface area contributed by atoms with Crippen LogP contribution in [0.4, 0.5) is 5.69 Å². The number of nitrogens with one attached hydrogen (secondary N) is 1. The highest BCUT2D eigenvalue weighted by Gasteiger charge is 2.14. The third-order valence-electron chi connectivity index (χ3n) is 2.57. The first kappa shape index (κ1) is 12.8. The third-order valence-corrected chi connectivity index (χ3v) is 2.57. The number of aromatic nitrogens is 1. The summed E-state index contributed by atoms with van der Waals surface area (Å²) in [5.41, 5.74) is 2.21. The first-order valence-electron chi connectivity index (χ1n) is 5.64. The van der Waals surface area contributed by atoms with Gasteiger partial charge in [-0.1, -0.05) is 28.5 Å². The molecule has 1 amide bonds. The number of anilines is 1. The fourth-order valence-corrected chi connectivity index (χ4v) is 1.62. The smallest absolute Gasteiger partial charge is 0.294 e. The van der Waals surface area contributed by atoms with Crippen LogP contribution in [0.3, 0.4) is 0 Å². The van der Waals surface area contributed by atoms with Crippen molar-refractivity contribution in [3.05, 3.63) is 47.3 Å². The van der Waals surface area contributed by atoms with E-state index < -0.39 is 5.91 Å². The maximum atomic E-state index is 11.9. The number of oxime groups is 1. The van der Waals surface area contributed by atoms with Crippen molar-refractivity contribution < 1.29 is 14.5 Å². The second kappa shape index (κ2) is 5.34. The van der Waals surface area contributed by atoms with Crippen LogP contribution in [-0.2, 0) is 0 Å². The van der Waals surface area contributed by atoms with Crippen molar-refractivity contribution in [3.8, 4) is 0 Å². The fourth-order valence-electron chi connectivity index (χ4n) is 1.62. The zero-order chi connectivity index (χ0) is 13.8. The summed E-state index contributed by atoms with van der Waals surface area (Å²) in [5, 5.41) is 18.3. The quantitative estimate of drug-likeness (QED) is 0.503. The average Bonchev–Trinajstić information content (AvgIpc) is 2.85. The summed E-state index contributed by atoms with van der Waals surface area (Å²) in [6.45, 7) is 3.38. The van der Waals surface area contributed by atoms with Crippen LogP contribution in [0.15, 0.2) is 40.0 Å². The van der Waals surface area contributed by atoms with Crippen LogP contribution in [-0.4, -0.2) is 22.0 Å². The number of aryl methyl sites for hydroxylation is 1.